The van der Waals surface area contributed by atoms with Gasteiger partial charge in [-0.05, 0) is 12.1 Å². The van der Waals surface area contributed by atoms with E-state index >= 15 is 0 Å². The second-order valence-corrected chi connectivity index (χ2v) is 7.63. The lowest BCUT2D eigenvalue weighted by Gasteiger charge is -2.09. The van der Waals surface area contributed by atoms with Gasteiger partial charge in [0.15, 0.2) is 5.03 Å². The lowest BCUT2D eigenvalue weighted by Crippen LogP contribution is -2.27. The van der Waals surface area contributed by atoms with Gasteiger partial charge in [-0.2, -0.15) is 18.3 Å². The van der Waals surface area contributed by atoms with Crippen LogP contribution in [0.4, 0.5) is 13.2 Å². The average molecular weight is 447 g/mol. The number of rotatable bonds is 7. The highest BCUT2D eigenvalue weighted by Crippen LogP contribution is 2.32. The molecule has 1 heterocycles. The molecule has 0 unspecified atom stereocenters. The number of carbonyl (C=O) groups excluding carboxylic acids is 1. The lowest BCUT2D eigenvalue weighted by atomic mass is 10.2. The van der Waals surface area contributed by atoms with Crippen LogP contribution in [-0.2, 0) is 20.8 Å². The maximum absolute atomic E-state index is 12.5. The molecule has 2 rings (SSSR count). The Balaban J connectivity index is 2.09. The number of phenols is 1. The molecule has 0 aliphatic heterocycles. The molecule has 2 N–H and O–H groups in total. The second-order valence-electron chi connectivity index (χ2n) is 5.70. The minimum atomic E-state index is -4.67. The van der Waals surface area contributed by atoms with Crippen LogP contribution in [0.5, 0.6) is 17.2 Å². The van der Waals surface area contributed by atoms with Gasteiger partial charge in [-0.3, -0.25) is 4.79 Å². The third-order valence-corrected chi connectivity index (χ3v) is 5.16. The van der Waals surface area contributed by atoms with E-state index in [2.05, 4.69) is 10.1 Å². The molecule has 0 saturated heterocycles. The van der Waals surface area contributed by atoms with Gasteiger partial charge in [0, 0.05) is 18.3 Å². The first-order valence-corrected chi connectivity index (χ1v) is 9.66. The highest BCUT2D eigenvalue weighted by Gasteiger charge is 2.31. The number of amides is 1. The minimum Gasteiger partial charge on any atom is -0.507 e. The van der Waals surface area contributed by atoms with Crippen LogP contribution >= 0.6 is 0 Å². The highest BCUT2D eigenvalue weighted by molar-refractivity contribution is 7.92. The van der Waals surface area contributed by atoms with Crippen molar-refractivity contribution in [2.24, 2.45) is 5.10 Å². The van der Waals surface area contributed by atoms with Crippen molar-refractivity contribution in [2.45, 2.75) is 11.2 Å². The number of carbonyl (C=O) groups is 1. The van der Waals surface area contributed by atoms with E-state index in [-0.39, 0.29) is 17.1 Å². The van der Waals surface area contributed by atoms with E-state index in [9.17, 15) is 31.5 Å². The van der Waals surface area contributed by atoms with Crippen molar-refractivity contribution in [3.05, 3.63) is 41.6 Å². The smallest absolute Gasteiger partial charge is 0.417 e. The number of hydrogen-bond acceptors (Lipinski definition) is 8. The first-order chi connectivity index (χ1) is 14.0. The van der Waals surface area contributed by atoms with Crippen LogP contribution in [0.1, 0.15) is 11.1 Å². The summed E-state index contributed by atoms with van der Waals surface area (Å²) in [5.74, 6) is -1.97. The van der Waals surface area contributed by atoms with Crippen LogP contribution in [0.3, 0.4) is 0 Å². The van der Waals surface area contributed by atoms with Crippen molar-refractivity contribution in [1.29, 1.82) is 0 Å². The SMILES string of the molecule is COc1cc(O)c(C=NNC(=O)CS(=O)(=O)c2ccc(C(F)(F)F)cn2)c(OC)c1. The Morgan fingerprint density at radius 3 is 2.50 bits per heavy atom. The fraction of sp³-hybridized carbons (Fsp3) is 0.235. The van der Waals surface area contributed by atoms with Gasteiger partial charge in [0.2, 0.25) is 9.84 Å². The molecule has 0 bridgehead atoms. The number of sulfone groups is 1. The molecule has 1 aromatic heterocycles. The van der Waals surface area contributed by atoms with Crippen molar-refractivity contribution in [3.63, 3.8) is 0 Å². The van der Waals surface area contributed by atoms with Gasteiger partial charge in [-0.25, -0.2) is 18.8 Å². The summed E-state index contributed by atoms with van der Waals surface area (Å²) >= 11 is 0. The maximum atomic E-state index is 12.5. The molecular formula is C17H16F3N3O6S. The normalized spacial score (nSPS) is 12.0. The van der Waals surface area contributed by atoms with Crippen molar-refractivity contribution >= 4 is 22.0 Å². The van der Waals surface area contributed by atoms with Crippen LogP contribution in [0.25, 0.3) is 0 Å². The van der Waals surface area contributed by atoms with Gasteiger partial charge in [-0.1, -0.05) is 0 Å². The molecule has 0 aliphatic carbocycles. The topological polar surface area (TPSA) is 127 Å². The van der Waals surface area contributed by atoms with E-state index in [1.807, 2.05) is 5.43 Å². The van der Waals surface area contributed by atoms with E-state index in [1.54, 1.807) is 0 Å². The van der Waals surface area contributed by atoms with Gasteiger partial charge in [0.05, 0.1) is 31.6 Å². The molecule has 1 amide bonds. The number of halogens is 3. The number of hydrazone groups is 1. The number of alkyl halides is 3. The Bertz CT molecular complexity index is 1050. The Hall–Kier alpha value is -3.35. The zero-order chi connectivity index (χ0) is 22.5. The Labute approximate surface area is 169 Å². The standard InChI is InChI=1S/C17H16F3N3O6S/c1-28-11-5-13(24)12(14(6-11)29-2)8-22-23-15(25)9-30(26,27)16-4-3-10(7-21-16)17(18,19)20/h3-8,24H,9H2,1-2H3,(H,23,25). The zero-order valence-electron chi connectivity index (χ0n) is 15.6. The fourth-order valence-corrected chi connectivity index (χ4v) is 3.23. The minimum absolute atomic E-state index is 0.0888. The van der Waals surface area contributed by atoms with E-state index in [0.29, 0.717) is 24.1 Å². The number of aromatic nitrogens is 1. The molecule has 0 saturated carbocycles. The summed E-state index contributed by atoms with van der Waals surface area (Å²) in [5, 5.41) is 12.8. The van der Waals surface area contributed by atoms with Crippen LogP contribution < -0.4 is 14.9 Å². The van der Waals surface area contributed by atoms with Crippen LogP contribution in [0, 0.1) is 0 Å². The van der Waals surface area contributed by atoms with E-state index < -0.39 is 38.3 Å². The molecule has 30 heavy (non-hydrogen) atoms. The number of hydrogen-bond donors (Lipinski definition) is 2. The number of nitrogens with one attached hydrogen (secondary N) is 1. The first kappa shape index (κ1) is 22.9. The summed E-state index contributed by atoms with van der Waals surface area (Å²) in [5.41, 5.74) is 0.913. The van der Waals surface area contributed by atoms with Gasteiger partial charge >= 0.3 is 6.18 Å². The molecule has 0 aliphatic rings. The number of ether oxygens (including phenoxy) is 2. The second kappa shape index (κ2) is 8.98. The first-order valence-electron chi connectivity index (χ1n) is 8.01. The Morgan fingerprint density at radius 2 is 1.97 bits per heavy atom. The number of pyridine rings is 1. The van der Waals surface area contributed by atoms with Crippen LogP contribution in [0.2, 0.25) is 0 Å². The average Bonchev–Trinajstić information content (AvgIpc) is 2.67. The molecule has 1 aromatic carbocycles. The van der Waals surface area contributed by atoms with Gasteiger partial charge in [-0.15, -0.1) is 0 Å². The van der Waals surface area contributed by atoms with Gasteiger partial charge in [0.1, 0.15) is 23.0 Å². The molecule has 0 radical (unpaired) electrons. The molecule has 2 aromatic rings. The summed E-state index contributed by atoms with van der Waals surface area (Å²) in [4.78, 5) is 15.1. The quantitative estimate of drug-likeness (QED) is 0.489. The zero-order valence-corrected chi connectivity index (χ0v) is 16.4. The van der Waals surface area contributed by atoms with Crippen molar-refractivity contribution in [1.82, 2.24) is 10.4 Å². The number of aromatic hydroxyl groups is 1. The molecule has 0 spiro atoms. The monoisotopic (exact) mass is 447 g/mol. The van der Waals surface area contributed by atoms with E-state index in [1.165, 1.54) is 26.4 Å². The summed E-state index contributed by atoms with van der Waals surface area (Å²) in [6.07, 6.45) is -3.29. The van der Waals surface area contributed by atoms with Crippen LogP contribution in [0.15, 0.2) is 40.6 Å². The molecule has 0 atom stereocenters. The number of methoxy groups -OCH3 is 2. The van der Waals surface area contributed by atoms with Crippen LogP contribution in [-0.4, -0.2) is 50.6 Å². The maximum Gasteiger partial charge on any atom is 0.417 e. The summed E-state index contributed by atoms with van der Waals surface area (Å²) in [7, 11) is -1.59. The van der Waals surface area contributed by atoms with E-state index in [4.69, 9.17) is 9.47 Å². The fourth-order valence-electron chi connectivity index (χ4n) is 2.18. The molecule has 0 fully saturated rings. The largest absolute Gasteiger partial charge is 0.507 e. The third kappa shape index (κ3) is 5.59. The van der Waals surface area contributed by atoms with Gasteiger partial charge < -0.3 is 14.6 Å². The summed E-state index contributed by atoms with van der Waals surface area (Å²) in [6.45, 7) is 0. The summed E-state index contributed by atoms with van der Waals surface area (Å²) < 4.78 is 71.9. The predicted octanol–water partition coefficient (Wildman–Crippen LogP) is 1.75. The Morgan fingerprint density at radius 1 is 1.27 bits per heavy atom. The molecular weight excluding hydrogens is 431 g/mol. The predicted molar refractivity (Wildman–Crippen MR) is 98.2 cm³/mol. The number of benzene rings is 1. The number of phenolic OH excluding ortho intramolecular Hbond substituents is 1. The molecule has 13 heteroatoms. The highest BCUT2D eigenvalue weighted by atomic mass is 32.2. The van der Waals surface area contributed by atoms with Crippen molar-refractivity contribution in [2.75, 3.05) is 20.0 Å². The van der Waals surface area contributed by atoms with Crippen molar-refractivity contribution < 1.29 is 41.0 Å². The molecule has 9 nitrogen and oxygen atoms in total. The third-order valence-electron chi connectivity index (χ3n) is 3.64. The van der Waals surface area contributed by atoms with Gasteiger partial charge in [0.25, 0.3) is 5.91 Å². The Kier molecular flexibility index (Phi) is 6.87. The molecule has 162 valence electrons. The van der Waals surface area contributed by atoms with E-state index in [0.717, 1.165) is 6.21 Å². The lowest BCUT2D eigenvalue weighted by molar-refractivity contribution is -0.137. The van der Waals surface area contributed by atoms with Crippen molar-refractivity contribution in [3.8, 4) is 17.2 Å². The number of nitrogens with zero attached hydrogens (tertiary/aromatic N) is 2. The summed E-state index contributed by atoms with van der Waals surface area (Å²) in [6, 6.07) is 3.93.